The van der Waals surface area contributed by atoms with Gasteiger partial charge < -0.3 is 15.8 Å². The van der Waals surface area contributed by atoms with Crippen molar-refractivity contribution in [1.82, 2.24) is 9.97 Å². The van der Waals surface area contributed by atoms with Crippen LogP contribution in [0.15, 0.2) is 18.3 Å². The maximum Gasteiger partial charge on any atom is 0.215 e. The van der Waals surface area contributed by atoms with E-state index < -0.39 is 0 Å². The fourth-order valence-electron chi connectivity index (χ4n) is 1.63. The molecule has 0 aliphatic carbocycles. The summed E-state index contributed by atoms with van der Waals surface area (Å²) in [6, 6.07) is 3.58. The van der Waals surface area contributed by atoms with Gasteiger partial charge in [-0.2, -0.15) is 4.98 Å². The van der Waals surface area contributed by atoms with Gasteiger partial charge in [-0.25, -0.2) is 4.98 Å². The lowest BCUT2D eigenvalue weighted by Gasteiger charge is -2.14. The van der Waals surface area contributed by atoms with Crippen molar-refractivity contribution in [2.75, 3.05) is 18.2 Å². The van der Waals surface area contributed by atoms with E-state index in [-0.39, 0.29) is 6.04 Å². The van der Waals surface area contributed by atoms with Gasteiger partial charge in [0.1, 0.15) is 5.01 Å². The second kappa shape index (κ2) is 5.88. The van der Waals surface area contributed by atoms with Crippen molar-refractivity contribution >= 4 is 22.8 Å². The molecule has 6 heteroatoms. The number of anilines is 2. The van der Waals surface area contributed by atoms with Crippen molar-refractivity contribution in [2.45, 2.75) is 26.3 Å². The van der Waals surface area contributed by atoms with Crippen LogP contribution in [-0.2, 0) is 6.42 Å². The first-order chi connectivity index (χ1) is 9.13. The van der Waals surface area contributed by atoms with Gasteiger partial charge >= 0.3 is 0 Å². The van der Waals surface area contributed by atoms with Crippen molar-refractivity contribution in [2.24, 2.45) is 0 Å². The van der Waals surface area contributed by atoms with Crippen molar-refractivity contribution in [3.05, 3.63) is 28.2 Å². The Morgan fingerprint density at radius 1 is 1.47 bits per heavy atom. The molecule has 1 unspecified atom stereocenters. The molecule has 0 fully saturated rings. The number of hydrogen-bond acceptors (Lipinski definition) is 6. The number of rotatable bonds is 5. The fourth-order valence-corrected chi connectivity index (χ4v) is 2.49. The minimum absolute atomic E-state index is 0.0622. The first-order valence-electron chi connectivity index (χ1n) is 6.15. The van der Waals surface area contributed by atoms with Gasteiger partial charge in [-0.3, -0.25) is 0 Å². The monoisotopic (exact) mass is 278 g/mol. The summed E-state index contributed by atoms with van der Waals surface area (Å²) >= 11 is 1.70. The lowest BCUT2D eigenvalue weighted by atomic mass is 10.3. The van der Waals surface area contributed by atoms with Crippen LogP contribution in [0.5, 0.6) is 5.88 Å². The summed E-state index contributed by atoms with van der Waals surface area (Å²) in [4.78, 5) is 9.99. The Hall–Kier alpha value is -1.82. The van der Waals surface area contributed by atoms with Crippen molar-refractivity contribution < 1.29 is 4.74 Å². The number of nitrogens with one attached hydrogen (secondary N) is 1. The summed E-state index contributed by atoms with van der Waals surface area (Å²) in [6.07, 6.45) is 2.92. The third-order valence-electron chi connectivity index (χ3n) is 2.75. The number of nitrogens with two attached hydrogens (primary N) is 1. The maximum absolute atomic E-state index is 5.90. The Morgan fingerprint density at radius 3 is 2.89 bits per heavy atom. The van der Waals surface area contributed by atoms with E-state index in [9.17, 15) is 0 Å². The van der Waals surface area contributed by atoms with Gasteiger partial charge in [0.25, 0.3) is 0 Å². The zero-order valence-corrected chi connectivity index (χ0v) is 12.1. The first kappa shape index (κ1) is 13.6. The van der Waals surface area contributed by atoms with E-state index >= 15 is 0 Å². The van der Waals surface area contributed by atoms with E-state index in [4.69, 9.17) is 10.5 Å². The summed E-state index contributed by atoms with van der Waals surface area (Å²) in [5.74, 6) is 1.16. The van der Waals surface area contributed by atoms with Crippen molar-refractivity contribution in [3.63, 3.8) is 0 Å². The van der Waals surface area contributed by atoms with Crippen molar-refractivity contribution in [3.8, 4) is 5.88 Å². The second-order valence-corrected chi connectivity index (χ2v) is 5.32. The number of methoxy groups -OCH3 is 1. The molecule has 0 saturated heterocycles. The Bertz CT molecular complexity index is 555. The topological polar surface area (TPSA) is 73.1 Å². The van der Waals surface area contributed by atoms with Crippen LogP contribution in [0.1, 0.15) is 29.8 Å². The normalized spacial score (nSPS) is 12.2. The van der Waals surface area contributed by atoms with Crippen LogP contribution in [-0.4, -0.2) is 17.1 Å². The molecule has 19 heavy (non-hydrogen) atoms. The molecule has 0 bridgehead atoms. The molecular weight excluding hydrogens is 260 g/mol. The van der Waals surface area contributed by atoms with Crippen LogP contribution in [0.3, 0.4) is 0 Å². The Labute approximate surface area is 116 Å². The molecule has 1 atom stereocenters. The van der Waals surface area contributed by atoms with Gasteiger partial charge in [0.2, 0.25) is 5.88 Å². The highest BCUT2D eigenvalue weighted by atomic mass is 32.1. The van der Waals surface area contributed by atoms with Crippen LogP contribution in [0.4, 0.5) is 11.5 Å². The average Bonchev–Trinajstić information content (AvgIpc) is 2.90. The van der Waals surface area contributed by atoms with Gasteiger partial charge in [0.05, 0.1) is 18.8 Å². The number of nitrogens with zero attached hydrogens (tertiary/aromatic N) is 2. The van der Waals surface area contributed by atoms with Crippen LogP contribution in [0.25, 0.3) is 0 Å². The van der Waals surface area contributed by atoms with Gasteiger partial charge in [-0.15, -0.1) is 11.3 Å². The minimum atomic E-state index is 0.0622. The smallest absolute Gasteiger partial charge is 0.215 e. The van der Waals surface area contributed by atoms with Crippen LogP contribution in [0.2, 0.25) is 0 Å². The zero-order valence-electron chi connectivity index (χ0n) is 11.3. The summed E-state index contributed by atoms with van der Waals surface area (Å²) in [6.45, 7) is 4.16. The molecule has 0 aliphatic heterocycles. The molecule has 2 aromatic rings. The quantitative estimate of drug-likeness (QED) is 0.879. The molecule has 0 amide bonds. The van der Waals surface area contributed by atoms with E-state index in [1.165, 1.54) is 4.88 Å². The van der Waals surface area contributed by atoms with E-state index in [1.54, 1.807) is 30.6 Å². The molecule has 2 aromatic heterocycles. The number of nitrogen functional groups attached to an aromatic ring is 1. The van der Waals surface area contributed by atoms with Gasteiger partial charge in [-0.1, -0.05) is 6.92 Å². The van der Waals surface area contributed by atoms with Gasteiger partial charge in [-0.05, 0) is 19.4 Å². The molecule has 0 saturated carbocycles. The molecule has 5 nitrogen and oxygen atoms in total. The van der Waals surface area contributed by atoms with E-state index in [2.05, 4.69) is 22.2 Å². The number of aromatic nitrogens is 2. The SMILES string of the molecule is CCc1cnc(C(C)Nc2nc(OC)ccc2N)s1. The highest BCUT2D eigenvalue weighted by Crippen LogP contribution is 2.27. The molecule has 0 radical (unpaired) electrons. The van der Waals surface area contributed by atoms with Gasteiger partial charge in [0.15, 0.2) is 5.82 Å². The van der Waals surface area contributed by atoms with E-state index in [1.807, 2.05) is 13.1 Å². The van der Waals surface area contributed by atoms with Crippen LogP contribution >= 0.6 is 11.3 Å². The summed E-state index contributed by atoms with van der Waals surface area (Å²) in [5.41, 5.74) is 6.50. The summed E-state index contributed by atoms with van der Waals surface area (Å²) < 4.78 is 5.10. The minimum Gasteiger partial charge on any atom is -0.481 e. The van der Waals surface area contributed by atoms with Crippen LogP contribution in [0, 0.1) is 0 Å². The molecular formula is C13H18N4OS. The molecule has 3 N–H and O–H groups in total. The number of hydrogen-bond donors (Lipinski definition) is 2. The molecule has 0 aromatic carbocycles. The maximum atomic E-state index is 5.90. The average molecular weight is 278 g/mol. The number of thiazole rings is 1. The lowest BCUT2D eigenvalue weighted by molar-refractivity contribution is 0.398. The Kier molecular flexibility index (Phi) is 4.21. The van der Waals surface area contributed by atoms with Gasteiger partial charge in [0, 0.05) is 17.1 Å². The molecule has 0 aliphatic rings. The Balaban J connectivity index is 2.15. The molecule has 2 heterocycles. The second-order valence-electron chi connectivity index (χ2n) is 4.18. The molecule has 102 valence electrons. The molecule has 0 spiro atoms. The number of ether oxygens (including phenoxy) is 1. The largest absolute Gasteiger partial charge is 0.481 e. The van der Waals surface area contributed by atoms with E-state index in [0.717, 1.165) is 11.4 Å². The number of pyridine rings is 1. The van der Waals surface area contributed by atoms with Crippen molar-refractivity contribution in [1.29, 1.82) is 0 Å². The highest BCUT2D eigenvalue weighted by molar-refractivity contribution is 7.11. The summed E-state index contributed by atoms with van der Waals surface area (Å²) in [7, 11) is 1.58. The third kappa shape index (κ3) is 3.14. The predicted molar refractivity (Wildman–Crippen MR) is 78.7 cm³/mol. The van der Waals surface area contributed by atoms with Crippen LogP contribution < -0.4 is 15.8 Å². The molecule has 2 rings (SSSR count). The predicted octanol–water partition coefficient (Wildman–Crippen LogP) is 2.86. The zero-order chi connectivity index (χ0) is 13.8. The fraction of sp³-hybridized carbons (Fsp3) is 0.385. The standard InChI is InChI=1S/C13H18N4OS/c1-4-9-7-15-13(19-9)8(2)16-12-10(14)5-6-11(17-12)18-3/h5-8H,4,14H2,1-3H3,(H,16,17). The number of aryl methyl sites for hydroxylation is 1. The third-order valence-corrected chi connectivity index (χ3v) is 4.08. The van der Waals surface area contributed by atoms with E-state index in [0.29, 0.717) is 17.4 Å². The lowest BCUT2D eigenvalue weighted by Crippen LogP contribution is -2.10. The Morgan fingerprint density at radius 2 is 2.26 bits per heavy atom. The highest BCUT2D eigenvalue weighted by Gasteiger charge is 2.12. The first-order valence-corrected chi connectivity index (χ1v) is 6.97. The summed E-state index contributed by atoms with van der Waals surface area (Å²) in [5, 5.41) is 4.30.